The lowest BCUT2D eigenvalue weighted by atomic mass is 9.95. The number of fused-ring (bicyclic) bond motifs is 1. The van der Waals surface area contributed by atoms with Crippen LogP contribution in [0.3, 0.4) is 0 Å². The van der Waals surface area contributed by atoms with Crippen molar-refractivity contribution in [2.24, 2.45) is 5.92 Å². The summed E-state index contributed by atoms with van der Waals surface area (Å²) in [6, 6.07) is 13.4. The lowest BCUT2D eigenvalue weighted by Crippen LogP contribution is -2.48. The number of aromatic nitrogens is 2. The maximum Gasteiger partial charge on any atom is 0.251 e. The quantitative estimate of drug-likeness (QED) is 0.730. The van der Waals surface area contributed by atoms with Crippen LogP contribution < -0.4 is 15.4 Å². The Labute approximate surface area is 158 Å². The third-order valence-electron chi connectivity index (χ3n) is 5.00. The molecular formula is C21H24N4O2. The van der Waals surface area contributed by atoms with Gasteiger partial charge in [-0.25, -0.2) is 4.98 Å². The first-order valence-corrected chi connectivity index (χ1v) is 9.36. The van der Waals surface area contributed by atoms with Gasteiger partial charge in [0.2, 0.25) is 0 Å². The van der Waals surface area contributed by atoms with Crippen LogP contribution in [0.15, 0.2) is 54.9 Å². The molecule has 0 aliphatic carbocycles. The van der Waals surface area contributed by atoms with Crippen molar-refractivity contribution in [2.75, 3.05) is 13.1 Å². The van der Waals surface area contributed by atoms with Gasteiger partial charge in [0.15, 0.2) is 0 Å². The molecule has 6 nitrogen and oxygen atoms in total. The van der Waals surface area contributed by atoms with Gasteiger partial charge in [0.1, 0.15) is 18.0 Å². The van der Waals surface area contributed by atoms with Gasteiger partial charge >= 0.3 is 0 Å². The smallest absolute Gasteiger partial charge is 0.251 e. The Bertz CT molecular complexity index is 904. The molecule has 140 valence electrons. The number of hydrogen-bond donors (Lipinski definition) is 2. The minimum Gasteiger partial charge on any atom is -0.487 e. The first-order chi connectivity index (χ1) is 13.2. The third kappa shape index (κ3) is 4.11. The van der Waals surface area contributed by atoms with Crippen LogP contribution in [0.1, 0.15) is 29.4 Å². The van der Waals surface area contributed by atoms with E-state index in [1.54, 1.807) is 6.07 Å². The van der Waals surface area contributed by atoms with Gasteiger partial charge in [0.05, 0.1) is 5.69 Å². The fraction of sp³-hybridized carbons (Fsp3) is 0.333. The van der Waals surface area contributed by atoms with Gasteiger partial charge in [-0.2, -0.15) is 0 Å². The maximum atomic E-state index is 12.6. The molecule has 6 heteroatoms. The van der Waals surface area contributed by atoms with Crippen molar-refractivity contribution in [1.82, 2.24) is 20.0 Å². The number of nitrogens with zero attached hydrogens (tertiary/aromatic N) is 2. The number of imidazole rings is 1. The van der Waals surface area contributed by atoms with Crippen molar-refractivity contribution in [2.45, 2.75) is 26.0 Å². The second-order valence-electron chi connectivity index (χ2n) is 7.06. The zero-order valence-corrected chi connectivity index (χ0v) is 15.4. The van der Waals surface area contributed by atoms with Gasteiger partial charge in [0, 0.05) is 24.0 Å². The minimum absolute atomic E-state index is 0.0491. The number of rotatable bonds is 5. The molecule has 1 fully saturated rings. The number of carbonyl (C=O) groups excluding carboxylic acids is 1. The molecule has 0 spiro atoms. The van der Waals surface area contributed by atoms with Crippen LogP contribution >= 0.6 is 0 Å². The van der Waals surface area contributed by atoms with E-state index < -0.39 is 0 Å². The van der Waals surface area contributed by atoms with Crippen LogP contribution in [0, 0.1) is 5.92 Å². The predicted octanol–water partition coefficient (Wildman–Crippen LogP) is 2.64. The monoisotopic (exact) mass is 364 g/mol. The topological polar surface area (TPSA) is 67.7 Å². The minimum atomic E-state index is -0.0491. The summed E-state index contributed by atoms with van der Waals surface area (Å²) in [4.78, 5) is 17.1. The predicted molar refractivity (Wildman–Crippen MR) is 104 cm³/mol. The summed E-state index contributed by atoms with van der Waals surface area (Å²) in [6.45, 7) is 4.40. The highest BCUT2D eigenvalue weighted by Gasteiger charge is 2.23. The number of amides is 1. The second-order valence-corrected chi connectivity index (χ2v) is 7.06. The van der Waals surface area contributed by atoms with Crippen LogP contribution in [-0.2, 0) is 6.61 Å². The molecule has 3 aromatic rings. The molecule has 1 amide bonds. The number of piperidine rings is 1. The standard InChI is InChI=1S/C21H24N4O2/c1-15-12-22-9-8-19(15)24-21(26)16-5-4-6-18(11-16)27-14-17-13-25-10-3-2-7-20(25)23-17/h2-7,10-11,13,15,19,22H,8-9,12,14H2,1H3,(H,24,26). The van der Waals surface area contributed by atoms with E-state index in [-0.39, 0.29) is 11.9 Å². The van der Waals surface area contributed by atoms with Crippen LogP contribution in [-0.4, -0.2) is 34.4 Å². The van der Waals surface area contributed by atoms with Gasteiger partial charge in [-0.05, 0) is 55.8 Å². The molecule has 2 N–H and O–H groups in total. The summed E-state index contributed by atoms with van der Waals surface area (Å²) in [5.41, 5.74) is 2.35. The van der Waals surface area contributed by atoms with Crippen LogP contribution in [0.25, 0.3) is 5.65 Å². The Kier molecular flexibility index (Phi) is 5.07. The van der Waals surface area contributed by atoms with Gasteiger partial charge in [-0.1, -0.05) is 19.1 Å². The molecule has 0 bridgehead atoms. The lowest BCUT2D eigenvalue weighted by molar-refractivity contribution is 0.0913. The van der Waals surface area contributed by atoms with Gasteiger partial charge in [-0.3, -0.25) is 4.79 Å². The largest absolute Gasteiger partial charge is 0.487 e. The molecule has 1 aliphatic rings. The molecule has 2 aromatic heterocycles. The number of nitrogens with one attached hydrogen (secondary N) is 2. The first-order valence-electron chi connectivity index (χ1n) is 9.36. The SMILES string of the molecule is CC1CNCCC1NC(=O)c1cccc(OCc2cn3ccccc3n2)c1. The van der Waals surface area contributed by atoms with Crippen molar-refractivity contribution in [3.05, 3.63) is 66.1 Å². The van der Waals surface area contributed by atoms with E-state index in [9.17, 15) is 4.79 Å². The molecule has 0 radical (unpaired) electrons. The van der Waals surface area contributed by atoms with E-state index in [4.69, 9.17) is 4.74 Å². The van der Waals surface area contributed by atoms with Crippen LogP contribution in [0.2, 0.25) is 0 Å². The summed E-state index contributed by atoms with van der Waals surface area (Å²) in [5, 5.41) is 6.50. The van der Waals surface area contributed by atoms with Crippen LogP contribution in [0.4, 0.5) is 0 Å². The molecule has 2 unspecified atom stereocenters. The highest BCUT2D eigenvalue weighted by atomic mass is 16.5. The van der Waals surface area contributed by atoms with E-state index in [0.717, 1.165) is 30.9 Å². The normalized spacial score (nSPS) is 19.7. The van der Waals surface area contributed by atoms with E-state index in [1.807, 2.05) is 53.2 Å². The Hall–Kier alpha value is -2.86. The second kappa shape index (κ2) is 7.80. The summed E-state index contributed by atoms with van der Waals surface area (Å²) in [5.74, 6) is 1.04. The van der Waals surface area contributed by atoms with E-state index in [0.29, 0.717) is 23.8 Å². The number of carbonyl (C=O) groups is 1. The Morgan fingerprint density at radius 2 is 2.26 bits per heavy atom. The summed E-state index contributed by atoms with van der Waals surface area (Å²) < 4.78 is 7.82. The Morgan fingerprint density at radius 3 is 3.11 bits per heavy atom. The maximum absolute atomic E-state index is 12.6. The average molecular weight is 364 g/mol. The fourth-order valence-electron chi connectivity index (χ4n) is 3.42. The van der Waals surface area contributed by atoms with E-state index in [1.165, 1.54) is 0 Å². The van der Waals surface area contributed by atoms with Crippen molar-refractivity contribution < 1.29 is 9.53 Å². The van der Waals surface area contributed by atoms with E-state index in [2.05, 4.69) is 22.5 Å². The first kappa shape index (κ1) is 17.5. The van der Waals surface area contributed by atoms with E-state index >= 15 is 0 Å². The Balaban J connectivity index is 1.40. The molecular weight excluding hydrogens is 340 g/mol. The highest BCUT2D eigenvalue weighted by molar-refractivity contribution is 5.94. The molecule has 4 rings (SSSR count). The zero-order valence-electron chi connectivity index (χ0n) is 15.4. The highest BCUT2D eigenvalue weighted by Crippen LogP contribution is 2.17. The summed E-state index contributed by atoms with van der Waals surface area (Å²) >= 11 is 0. The molecule has 2 atom stereocenters. The molecule has 27 heavy (non-hydrogen) atoms. The van der Waals surface area contributed by atoms with Crippen molar-refractivity contribution in [3.63, 3.8) is 0 Å². The zero-order chi connectivity index (χ0) is 18.6. The summed E-state index contributed by atoms with van der Waals surface area (Å²) in [7, 11) is 0. The fourth-order valence-corrected chi connectivity index (χ4v) is 3.42. The summed E-state index contributed by atoms with van der Waals surface area (Å²) in [6.07, 6.45) is 4.86. The van der Waals surface area contributed by atoms with Crippen LogP contribution in [0.5, 0.6) is 5.75 Å². The number of benzene rings is 1. The molecule has 0 saturated carbocycles. The van der Waals surface area contributed by atoms with Gasteiger partial charge < -0.3 is 19.8 Å². The number of hydrogen-bond acceptors (Lipinski definition) is 4. The number of pyridine rings is 1. The Morgan fingerprint density at radius 1 is 1.33 bits per heavy atom. The molecule has 1 aliphatic heterocycles. The molecule has 1 saturated heterocycles. The number of ether oxygens (including phenoxy) is 1. The van der Waals surface area contributed by atoms with Gasteiger partial charge in [-0.15, -0.1) is 0 Å². The van der Waals surface area contributed by atoms with Gasteiger partial charge in [0.25, 0.3) is 5.91 Å². The lowest BCUT2D eigenvalue weighted by Gasteiger charge is -2.30. The molecule has 3 heterocycles. The van der Waals surface area contributed by atoms with Crippen molar-refractivity contribution in [1.29, 1.82) is 0 Å². The average Bonchev–Trinajstić information content (AvgIpc) is 3.11. The third-order valence-corrected chi connectivity index (χ3v) is 5.00. The van der Waals surface area contributed by atoms with Crippen molar-refractivity contribution in [3.8, 4) is 5.75 Å². The van der Waals surface area contributed by atoms with Crippen molar-refractivity contribution >= 4 is 11.6 Å². The molecule has 1 aromatic carbocycles.